The molecule has 8 heteroatoms. The molecule has 21 heavy (non-hydrogen) atoms. The molecule has 0 aliphatic carbocycles. The Hall–Kier alpha value is -2.35. The standard InChI is InChI=1S/C13H13N3O4S/c1-8-6-12(15-20-8)16-21(18,19)10-3-4-11-9(7-10)2-5-13(17)14-11/h3-4,6-7H,2,5H2,1H3,(H,14,17)(H,15,16). The maximum Gasteiger partial charge on any atom is 0.263 e. The Morgan fingerprint density at radius 2 is 2.10 bits per heavy atom. The molecule has 1 aliphatic heterocycles. The van der Waals surface area contributed by atoms with E-state index in [1.165, 1.54) is 12.1 Å². The van der Waals surface area contributed by atoms with E-state index in [9.17, 15) is 13.2 Å². The smallest absolute Gasteiger partial charge is 0.263 e. The first-order valence-corrected chi connectivity index (χ1v) is 7.81. The van der Waals surface area contributed by atoms with E-state index < -0.39 is 10.0 Å². The summed E-state index contributed by atoms with van der Waals surface area (Å²) in [5, 5.41) is 6.31. The molecule has 1 aromatic heterocycles. The molecule has 1 aromatic carbocycles. The number of amides is 1. The van der Waals surface area contributed by atoms with Gasteiger partial charge in [-0.05, 0) is 37.1 Å². The first kappa shape index (κ1) is 13.6. The maximum atomic E-state index is 12.3. The van der Waals surface area contributed by atoms with Crippen LogP contribution < -0.4 is 10.0 Å². The van der Waals surface area contributed by atoms with Crippen LogP contribution in [-0.4, -0.2) is 19.5 Å². The Balaban J connectivity index is 1.91. The molecule has 0 radical (unpaired) electrons. The molecule has 0 atom stereocenters. The molecule has 2 aromatic rings. The highest BCUT2D eigenvalue weighted by molar-refractivity contribution is 7.92. The van der Waals surface area contributed by atoms with Crippen molar-refractivity contribution in [2.45, 2.75) is 24.7 Å². The van der Waals surface area contributed by atoms with Crippen LogP contribution in [0.15, 0.2) is 33.7 Å². The van der Waals surface area contributed by atoms with E-state index >= 15 is 0 Å². The van der Waals surface area contributed by atoms with Gasteiger partial charge in [-0.25, -0.2) is 8.42 Å². The zero-order valence-corrected chi connectivity index (χ0v) is 12.0. The van der Waals surface area contributed by atoms with Gasteiger partial charge in [0.2, 0.25) is 5.91 Å². The van der Waals surface area contributed by atoms with E-state index in [1.807, 2.05) is 0 Å². The van der Waals surface area contributed by atoms with E-state index in [0.29, 0.717) is 24.3 Å². The molecule has 7 nitrogen and oxygen atoms in total. The van der Waals surface area contributed by atoms with Gasteiger partial charge in [-0.2, -0.15) is 0 Å². The van der Waals surface area contributed by atoms with Crippen molar-refractivity contribution in [2.24, 2.45) is 0 Å². The number of benzene rings is 1. The predicted molar refractivity (Wildman–Crippen MR) is 75.4 cm³/mol. The predicted octanol–water partition coefficient (Wildman–Crippen LogP) is 1.67. The third kappa shape index (κ3) is 2.75. The highest BCUT2D eigenvalue weighted by Crippen LogP contribution is 2.26. The Bertz CT molecular complexity index is 811. The Morgan fingerprint density at radius 3 is 2.81 bits per heavy atom. The topological polar surface area (TPSA) is 101 Å². The number of hydrogen-bond donors (Lipinski definition) is 2. The maximum absolute atomic E-state index is 12.3. The van der Waals surface area contributed by atoms with Gasteiger partial charge in [0.25, 0.3) is 10.0 Å². The van der Waals surface area contributed by atoms with Gasteiger partial charge in [0.1, 0.15) is 5.76 Å². The molecule has 0 fully saturated rings. The molecular weight excluding hydrogens is 294 g/mol. The lowest BCUT2D eigenvalue weighted by Gasteiger charge is -2.17. The van der Waals surface area contributed by atoms with E-state index in [0.717, 1.165) is 5.56 Å². The zero-order chi connectivity index (χ0) is 15.0. The summed E-state index contributed by atoms with van der Waals surface area (Å²) in [5.41, 5.74) is 1.45. The molecule has 110 valence electrons. The monoisotopic (exact) mass is 307 g/mol. The van der Waals surface area contributed by atoms with Crippen LogP contribution in [-0.2, 0) is 21.2 Å². The van der Waals surface area contributed by atoms with Gasteiger partial charge in [0, 0.05) is 18.2 Å². The molecule has 1 aliphatic rings. The fraction of sp³-hybridized carbons (Fsp3) is 0.231. The Labute approximate surface area is 121 Å². The third-order valence-corrected chi connectivity index (χ3v) is 4.50. The van der Waals surface area contributed by atoms with Crippen LogP contribution in [0.5, 0.6) is 0 Å². The fourth-order valence-corrected chi connectivity index (χ4v) is 3.17. The van der Waals surface area contributed by atoms with Crippen LogP contribution in [0, 0.1) is 6.92 Å². The molecule has 2 heterocycles. The number of sulfonamides is 1. The zero-order valence-electron chi connectivity index (χ0n) is 11.2. The van der Waals surface area contributed by atoms with Crippen molar-refractivity contribution in [1.82, 2.24) is 5.16 Å². The molecular formula is C13H13N3O4S. The summed E-state index contributed by atoms with van der Waals surface area (Å²) in [7, 11) is -3.73. The van der Waals surface area contributed by atoms with E-state index in [1.54, 1.807) is 19.1 Å². The van der Waals surface area contributed by atoms with Gasteiger partial charge in [0.05, 0.1) is 4.90 Å². The number of nitrogens with zero attached hydrogens (tertiary/aromatic N) is 1. The van der Waals surface area contributed by atoms with Crippen LogP contribution in [0.4, 0.5) is 11.5 Å². The summed E-state index contributed by atoms with van der Waals surface area (Å²) >= 11 is 0. The minimum absolute atomic E-state index is 0.0608. The van der Waals surface area contributed by atoms with Gasteiger partial charge in [-0.15, -0.1) is 0 Å². The number of hydrogen-bond acceptors (Lipinski definition) is 5. The van der Waals surface area contributed by atoms with Crippen molar-refractivity contribution in [2.75, 3.05) is 10.0 Å². The van der Waals surface area contributed by atoms with Crippen LogP contribution in [0.25, 0.3) is 0 Å². The number of carbonyl (C=O) groups is 1. The van der Waals surface area contributed by atoms with Gasteiger partial charge >= 0.3 is 0 Å². The third-order valence-electron chi connectivity index (χ3n) is 3.15. The van der Waals surface area contributed by atoms with Crippen molar-refractivity contribution in [3.8, 4) is 0 Å². The highest BCUT2D eigenvalue weighted by Gasteiger charge is 2.20. The first-order valence-electron chi connectivity index (χ1n) is 6.33. The largest absolute Gasteiger partial charge is 0.360 e. The van der Waals surface area contributed by atoms with E-state index in [4.69, 9.17) is 4.52 Å². The Kier molecular flexibility index (Phi) is 3.17. The van der Waals surface area contributed by atoms with Crippen LogP contribution in [0.3, 0.4) is 0 Å². The fourth-order valence-electron chi connectivity index (χ4n) is 2.14. The van der Waals surface area contributed by atoms with Crippen molar-refractivity contribution in [1.29, 1.82) is 0 Å². The van der Waals surface area contributed by atoms with Crippen LogP contribution >= 0.6 is 0 Å². The van der Waals surface area contributed by atoms with Crippen molar-refractivity contribution < 1.29 is 17.7 Å². The lowest BCUT2D eigenvalue weighted by atomic mass is 10.0. The molecule has 2 N–H and O–H groups in total. The molecule has 0 unspecified atom stereocenters. The average Bonchev–Trinajstić information content (AvgIpc) is 2.82. The SMILES string of the molecule is Cc1cc(NS(=O)(=O)c2ccc3c(c2)CCC(=O)N3)no1. The van der Waals surface area contributed by atoms with Gasteiger partial charge in [0.15, 0.2) is 5.82 Å². The molecule has 0 saturated carbocycles. The van der Waals surface area contributed by atoms with E-state index in [2.05, 4.69) is 15.2 Å². The minimum Gasteiger partial charge on any atom is -0.360 e. The normalized spacial score (nSPS) is 14.4. The summed E-state index contributed by atoms with van der Waals surface area (Å²) in [6, 6.07) is 6.09. The average molecular weight is 307 g/mol. The van der Waals surface area contributed by atoms with Gasteiger partial charge < -0.3 is 9.84 Å². The van der Waals surface area contributed by atoms with Crippen molar-refractivity contribution in [3.05, 3.63) is 35.6 Å². The Morgan fingerprint density at radius 1 is 1.29 bits per heavy atom. The number of aryl methyl sites for hydroxylation is 2. The van der Waals surface area contributed by atoms with Crippen molar-refractivity contribution >= 4 is 27.4 Å². The van der Waals surface area contributed by atoms with Crippen LogP contribution in [0.1, 0.15) is 17.7 Å². The molecule has 3 rings (SSSR count). The summed E-state index contributed by atoms with van der Waals surface area (Å²) in [6.45, 7) is 1.67. The number of anilines is 2. The molecule has 0 saturated heterocycles. The molecule has 1 amide bonds. The summed E-state index contributed by atoms with van der Waals surface area (Å²) in [4.78, 5) is 11.4. The van der Waals surface area contributed by atoms with Gasteiger partial charge in [-0.1, -0.05) is 5.16 Å². The summed E-state index contributed by atoms with van der Waals surface area (Å²) < 4.78 is 31.7. The molecule has 0 bridgehead atoms. The first-order chi connectivity index (χ1) is 9.94. The highest BCUT2D eigenvalue weighted by atomic mass is 32.2. The van der Waals surface area contributed by atoms with Crippen LogP contribution in [0.2, 0.25) is 0 Å². The second-order valence-corrected chi connectivity index (χ2v) is 6.48. The van der Waals surface area contributed by atoms with Crippen molar-refractivity contribution in [3.63, 3.8) is 0 Å². The quantitative estimate of drug-likeness (QED) is 0.898. The second kappa shape index (κ2) is 4.88. The number of nitrogens with one attached hydrogen (secondary N) is 2. The van der Waals surface area contributed by atoms with E-state index in [-0.39, 0.29) is 16.6 Å². The summed E-state index contributed by atoms with van der Waals surface area (Å²) in [6.07, 6.45) is 0.875. The minimum atomic E-state index is -3.73. The number of aromatic nitrogens is 1. The number of carbonyl (C=O) groups excluding carboxylic acids is 1. The lowest BCUT2D eigenvalue weighted by molar-refractivity contribution is -0.116. The second-order valence-electron chi connectivity index (χ2n) is 4.80. The number of rotatable bonds is 3. The lowest BCUT2D eigenvalue weighted by Crippen LogP contribution is -2.20. The van der Waals surface area contributed by atoms with Gasteiger partial charge in [-0.3, -0.25) is 9.52 Å². The molecule has 0 spiro atoms. The summed E-state index contributed by atoms with van der Waals surface area (Å²) in [5.74, 6) is 0.591. The number of fused-ring (bicyclic) bond motifs is 1.